The molecule has 0 bridgehead atoms. The maximum atomic E-state index is 5.23. The van der Waals surface area contributed by atoms with Crippen molar-refractivity contribution >= 4 is 15.9 Å². The smallest absolute Gasteiger partial charge is 0.119 e. The van der Waals surface area contributed by atoms with Crippen molar-refractivity contribution in [1.82, 2.24) is 20.3 Å². The average molecular weight is 309 g/mol. The Labute approximate surface area is 113 Å². The van der Waals surface area contributed by atoms with E-state index in [1.54, 1.807) is 7.11 Å². The molecule has 0 radical (unpaired) electrons. The number of hydrogen-bond acceptors (Lipinski definition) is 4. The van der Waals surface area contributed by atoms with Crippen molar-refractivity contribution in [2.45, 2.75) is 6.04 Å². The van der Waals surface area contributed by atoms with Crippen molar-refractivity contribution in [2.24, 2.45) is 0 Å². The van der Waals surface area contributed by atoms with E-state index in [1.807, 2.05) is 29.1 Å². The van der Waals surface area contributed by atoms with Crippen molar-refractivity contribution < 1.29 is 4.74 Å². The highest BCUT2D eigenvalue weighted by Gasteiger charge is 2.20. The van der Waals surface area contributed by atoms with Gasteiger partial charge in [0.05, 0.1) is 19.3 Å². The van der Waals surface area contributed by atoms with Crippen LogP contribution in [0.15, 0.2) is 28.9 Å². The van der Waals surface area contributed by atoms with E-state index in [4.69, 9.17) is 4.74 Å². The molecule has 18 heavy (non-hydrogen) atoms. The minimum Gasteiger partial charge on any atom is -0.497 e. The normalized spacial score (nSPS) is 15.4. The van der Waals surface area contributed by atoms with E-state index < -0.39 is 0 Å². The summed E-state index contributed by atoms with van der Waals surface area (Å²) in [6, 6.07) is 6.25. The number of nitrogens with one attached hydrogen (secondary N) is 1. The SMILES string of the molecule is COc1ccc(Br)c(-c2cn(C3CNC3)nn2)c1. The highest BCUT2D eigenvalue weighted by molar-refractivity contribution is 9.10. The van der Waals surface area contributed by atoms with Gasteiger partial charge < -0.3 is 10.1 Å². The number of methoxy groups -OCH3 is 1. The Kier molecular flexibility index (Phi) is 3.05. The molecular weight excluding hydrogens is 296 g/mol. The second-order valence-electron chi connectivity index (χ2n) is 4.24. The molecule has 0 atom stereocenters. The lowest BCUT2D eigenvalue weighted by atomic mass is 10.1. The van der Waals surface area contributed by atoms with Crippen LogP contribution in [-0.4, -0.2) is 35.2 Å². The Hall–Kier alpha value is -1.40. The van der Waals surface area contributed by atoms with Crippen LogP contribution in [0.25, 0.3) is 11.3 Å². The maximum Gasteiger partial charge on any atom is 0.119 e. The highest BCUT2D eigenvalue weighted by atomic mass is 79.9. The summed E-state index contributed by atoms with van der Waals surface area (Å²) >= 11 is 3.53. The highest BCUT2D eigenvalue weighted by Crippen LogP contribution is 2.30. The molecule has 0 saturated carbocycles. The second-order valence-corrected chi connectivity index (χ2v) is 5.10. The van der Waals surface area contributed by atoms with Crippen LogP contribution in [0.3, 0.4) is 0 Å². The molecule has 1 N–H and O–H groups in total. The van der Waals surface area contributed by atoms with Crippen molar-refractivity contribution in [2.75, 3.05) is 20.2 Å². The molecular formula is C12H13BrN4O. The summed E-state index contributed by atoms with van der Waals surface area (Å²) in [6.45, 7) is 1.92. The summed E-state index contributed by atoms with van der Waals surface area (Å²) in [4.78, 5) is 0. The van der Waals surface area contributed by atoms with Crippen LogP contribution in [0.2, 0.25) is 0 Å². The molecule has 0 amide bonds. The van der Waals surface area contributed by atoms with E-state index in [0.717, 1.165) is 34.6 Å². The van der Waals surface area contributed by atoms with Gasteiger partial charge in [-0.2, -0.15) is 0 Å². The molecule has 1 aromatic carbocycles. The molecule has 0 spiro atoms. The third-order valence-corrected chi connectivity index (χ3v) is 3.79. The van der Waals surface area contributed by atoms with Gasteiger partial charge in [-0.3, -0.25) is 0 Å². The molecule has 2 aromatic rings. The molecule has 6 heteroatoms. The lowest BCUT2D eigenvalue weighted by Gasteiger charge is -2.26. The minimum absolute atomic E-state index is 0.427. The van der Waals surface area contributed by atoms with E-state index in [-0.39, 0.29) is 0 Å². The number of hydrogen-bond donors (Lipinski definition) is 1. The van der Waals surface area contributed by atoms with Crippen molar-refractivity contribution in [3.05, 3.63) is 28.9 Å². The Morgan fingerprint density at radius 2 is 2.28 bits per heavy atom. The van der Waals surface area contributed by atoms with E-state index >= 15 is 0 Å². The Morgan fingerprint density at radius 3 is 2.94 bits per heavy atom. The third-order valence-electron chi connectivity index (χ3n) is 3.09. The van der Waals surface area contributed by atoms with E-state index in [9.17, 15) is 0 Å². The summed E-state index contributed by atoms with van der Waals surface area (Å²) in [6.07, 6.45) is 1.98. The molecule has 1 aromatic heterocycles. The van der Waals surface area contributed by atoms with Gasteiger partial charge in [0.15, 0.2) is 0 Å². The molecule has 3 rings (SSSR count). The van der Waals surface area contributed by atoms with Gasteiger partial charge in [0, 0.05) is 23.1 Å². The fraction of sp³-hybridized carbons (Fsp3) is 0.333. The van der Waals surface area contributed by atoms with Gasteiger partial charge in [0.1, 0.15) is 11.4 Å². The van der Waals surface area contributed by atoms with Crippen LogP contribution >= 0.6 is 15.9 Å². The number of nitrogens with zero attached hydrogens (tertiary/aromatic N) is 3. The number of rotatable bonds is 3. The van der Waals surface area contributed by atoms with E-state index in [1.165, 1.54) is 0 Å². The predicted molar refractivity (Wildman–Crippen MR) is 71.6 cm³/mol. The first-order valence-corrected chi connectivity index (χ1v) is 6.53. The van der Waals surface area contributed by atoms with Gasteiger partial charge in [-0.15, -0.1) is 5.10 Å². The lowest BCUT2D eigenvalue weighted by molar-refractivity contribution is 0.313. The monoisotopic (exact) mass is 308 g/mol. The fourth-order valence-corrected chi connectivity index (χ4v) is 2.32. The summed E-state index contributed by atoms with van der Waals surface area (Å²) in [7, 11) is 1.66. The summed E-state index contributed by atoms with van der Waals surface area (Å²) < 4.78 is 8.13. The largest absolute Gasteiger partial charge is 0.497 e. The van der Waals surface area contributed by atoms with E-state index in [2.05, 4.69) is 31.6 Å². The zero-order valence-electron chi connectivity index (χ0n) is 9.93. The fourth-order valence-electron chi connectivity index (χ4n) is 1.87. The molecule has 1 aliphatic rings. The van der Waals surface area contributed by atoms with Crippen LogP contribution in [0.4, 0.5) is 0 Å². The second kappa shape index (κ2) is 4.70. The van der Waals surface area contributed by atoms with Crippen molar-refractivity contribution in [1.29, 1.82) is 0 Å². The summed E-state index contributed by atoms with van der Waals surface area (Å²) in [5.41, 5.74) is 1.85. The van der Waals surface area contributed by atoms with Crippen LogP contribution in [0.1, 0.15) is 6.04 Å². The van der Waals surface area contributed by atoms with Crippen LogP contribution in [-0.2, 0) is 0 Å². The molecule has 5 nitrogen and oxygen atoms in total. The molecule has 2 heterocycles. The molecule has 1 saturated heterocycles. The van der Waals surface area contributed by atoms with Crippen LogP contribution < -0.4 is 10.1 Å². The van der Waals surface area contributed by atoms with Crippen LogP contribution in [0.5, 0.6) is 5.75 Å². The van der Waals surface area contributed by atoms with Gasteiger partial charge in [-0.05, 0) is 18.2 Å². The number of aromatic nitrogens is 3. The van der Waals surface area contributed by atoms with Gasteiger partial charge in [-0.1, -0.05) is 21.1 Å². The molecule has 0 aliphatic carbocycles. The number of ether oxygens (including phenoxy) is 1. The zero-order chi connectivity index (χ0) is 12.5. The Morgan fingerprint density at radius 1 is 1.44 bits per heavy atom. The first kappa shape index (κ1) is 11.7. The van der Waals surface area contributed by atoms with Crippen LogP contribution in [0, 0.1) is 0 Å². The first-order chi connectivity index (χ1) is 8.78. The predicted octanol–water partition coefficient (Wildman–Crippen LogP) is 1.86. The third kappa shape index (κ3) is 2.02. The van der Waals surface area contributed by atoms with E-state index in [0.29, 0.717) is 6.04 Å². The van der Waals surface area contributed by atoms with Gasteiger partial charge in [0.25, 0.3) is 0 Å². The summed E-state index contributed by atoms with van der Waals surface area (Å²) in [5.74, 6) is 0.813. The quantitative estimate of drug-likeness (QED) is 0.940. The van der Waals surface area contributed by atoms with Crippen molar-refractivity contribution in [3.8, 4) is 17.0 Å². The number of halogens is 1. The minimum atomic E-state index is 0.427. The lowest BCUT2D eigenvalue weighted by Crippen LogP contribution is -2.43. The molecule has 1 fully saturated rings. The van der Waals surface area contributed by atoms with Crippen molar-refractivity contribution in [3.63, 3.8) is 0 Å². The Balaban J connectivity index is 1.95. The molecule has 94 valence electrons. The molecule has 0 unspecified atom stereocenters. The topological polar surface area (TPSA) is 52.0 Å². The number of benzene rings is 1. The zero-order valence-corrected chi connectivity index (χ0v) is 11.5. The van der Waals surface area contributed by atoms with Gasteiger partial charge in [-0.25, -0.2) is 4.68 Å². The van der Waals surface area contributed by atoms with Gasteiger partial charge >= 0.3 is 0 Å². The summed E-state index contributed by atoms with van der Waals surface area (Å²) in [5, 5.41) is 11.6. The maximum absolute atomic E-state index is 5.23. The first-order valence-electron chi connectivity index (χ1n) is 5.74. The average Bonchev–Trinajstić information content (AvgIpc) is 2.76. The van der Waals surface area contributed by atoms with Gasteiger partial charge in [0.2, 0.25) is 0 Å². The Bertz CT molecular complexity index is 565. The molecule has 1 aliphatic heterocycles. The standard InChI is InChI=1S/C12H13BrN4O/c1-18-9-2-3-11(13)10(4-9)12-7-17(16-15-12)8-5-14-6-8/h2-4,7-8,14H,5-6H2,1H3.